The Morgan fingerprint density at radius 2 is 1.19 bits per heavy atom. The van der Waals surface area contributed by atoms with E-state index in [2.05, 4.69) is 92.7 Å². The Morgan fingerprint density at radius 1 is 0.719 bits per heavy atom. The van der Waals surface area contributed by atoms with Gasteiger partial charge in [0.2, 0.25) is 0 Å². The SMILES string of the molecule is Cc1cccc2c1C[P+](c1ccccc1)(c1ccccc1)CCC2C.F[P-](F)(F)(F)(F)F. The van der Waals surface area contributed by atoms with Crippen LogP contribution in [-0.2, 0) is 6.16 Å². The fraction of sp³-hybridized carbons (Fsp3) is 0.250. The molecule has 1 heterocycles. The fourth-order valence-corrected chi connectivity index (χ4v) is 8.96. The van der Waals surface area contributed by atoms with Crippen LogP contribution in [0.15, 0.2) is 78.9 Å². The van der Waals surface area contributed by atoms with E-state index in [0.717, 1.165) is 0 Å². The first-order valence-electron chi connectivity index (χ1n) is 10.3. The van der Waals surface area contributed by atoms with Gasteiger partial charge >= 0.3 is 33.0 Å². The summed E-state index contributed by atoms with van der Waals surface area (Å²) in [6.07, 6.45) is 3.78. The molecule has 0 amide bonds. The second-order valence-corrected chi connectivity index (χ2v) is 14.0. The standard InChI is InChI=1S/C24H26P.F6P/c1-19-10-9-15-23-20(2)16-17-25(18-24(19)23,21-11-5-3-6-12-21)22-13-7-4-8-14-22;1-7(2,3,4,5)6/h3-15,20H,16-18H2,1-2H3;/q+1;-1. The van der Waals surface area contributed by atoms with Gasteiger partial charge in [0.15, 0.2) is 0 Å². The van der Waals surface area contributed by atoms with E-state index in [0.29, 0.717) is 5.92 Å². The molecule has 3 aromatic carbocycles. The molecule has 0 spiro atoms. The monoisotopic (exact) mass is 490 g/mol. The van der Waals surface area contributed by atoms with Crippen LogP contribution in [0.4, 0.5) is 25.2 Å². The summed E-state index contributed by atoms with van der Waals surface area (Å²) in [5.74, 6) is 0.643. The first-order valence-corrected chi connectivity index (χ1v) is 14.5. The Kier molecular flexibility index (Phi) is 6.30. The number of benzene rings is 3. The molecule has 1 aliphatic rings. The van der Waals surface area contributed by atoms with E-state index in [1.165, 1.54) is 24.3 Å². The summed E-state index contributed by atoms with van der Waals surface area (Å²) < 4.78 is 59.2. The summed E-state index contributed by atoms with van der Waals surface area (Å²) in [5, 5.41) is 3.12. The van der Waals surface area contributed by atoms with E-state index < -0.39 is 15.1 Å². The van der Waals surface area contributed by atoms with Crippen molar-refractivity contribution in [2.45, 2.75) is 32.3 Å². The number of halogens is 6. The molecule has 1 unspecified atom stereocenters. The predicted molar refractivity (Wildman–Crippen MR) is 125 cm³/mol. The Balaban J connectivity index is 0.000000360. The van der Waals surface area contributed by atoms with Gasteiger partial charge in [-0.25, -0.2) is 0 Å². The number of fused-ring (bicyclic) bond motifs is 1. The molecule has 0 aliphatic carbocycles. The third-order valence-electron chi connectivity index (χ3n) is 5.85. The summed E-state index contributed by atoms with van der Waals surface area (Å²) in [5.41, 5.74) is 4.64. The molecule has 3 aromatic rings. The minimum absolute atomic E-state index is 0.643. The number of rotatable bonds is 2. The van der Waals surface area contributed by atoms with Crippen molar-refractivity contribution in [3.05, 3.63) is 95.6 Å². The molecule has 1 aliphatic heterocycles. The van der Waals surface area contributed by atoms with Crippen LogP contribution in [0.2, 0.25) is 0 Å². The van der Waals surface area contributed by atoms with Gasteiger partial charge in [0.1, 0.15) is 0 Å². The zero-order valence-electron chi connectivity index (χ0n) is 17.9. The number of hydrogen-bond donors (Lipinski definition) is 0. The van der Waals surface area contributed by atoms with Crippen molar-refractivity contribution >= 4 is 25.7 Å². The molecule has 0 saturated heterocycles. The maximum atomic E-state index is 9.87. The summed E-state index contributed by atoms with van der Waals surface area (Å²) in [6.45, 7) is 4.70. The van der Waals surface area contributed by atoms with Gasteiger partial charge in [-0.2, -0.15) is 0 Å². The quantitative estimate of drug-likeness (QED) is 0.248. The van der Waals surface area contributed by atoms with Crippen molar-refractivity contribution in [2.75, 3.05) is 6.16 Å². The van der Waals surface area contributed by atoms with Gasteiger partial charge in [-0.05, 0) is 60.2 Å². The van der Waals surface area contributed by atoms with Gasteiger partial charge in [-0.1, -0.05) is 61.5 Å². The van der Waals surface area contributed by atoms with Crippen LogP contribution in [0, 0.1) is 6.92 Å². The normalized spacial score (nSPS) is 19.9. The van der Waals surface area contributed by atoms with Gasteiger partial charge in [0.25, 0.3) is 0 Å². The van der Waals surface area contributed by atoms with Gasteiger partial charge < -0.3 is 0 Å². The van der Waals surface area contributed by atoms with E-state index >= 15 is 0 Å². The van der Waals surface area contributed by atoms with E-state index in [-0.39, 0.29) is 0 Å². The molecular formula is C24H26F6P2. The third kappa shape index (κ3) is 6.80. The van der Waals surface area contributed by atoms with Crippen molar-refractivity contribution in [1.29, 1.82) is 0 Å². The zero-order valence-corrected chi connectivity index (χ0v) is 19.7. The van der Waals surface area contributed by atoms with Crippen molar-refractivity contribution < 1.29 is 25.2 Å². The second kappa shape index (κ2) is 8.15. The van der Waals surface area contributed by atoms with Gasteiger partial charge in [-0.3, -0.25) is 0 Å². The molecule has 32 heavy (non-hydrogen) atoms. The summed E-state index contributed by atoms with van der Waals surface area (Å²) >= 11 is 0. The molecule has 0 N–H and O–H groups in total. The molecule has 0 nitrogen and oxygen atoms in total. The van der Waals surface area contributed by atoms with Crippen LogP contribution < -0.4 is 10.6 Å². The Hall–Kier alpha value is -1.90. The Bertz CT molecular complexity index is 1010. The molecule has 0 radical (unpaired) electrons. The van der Waals surface area contributed by atoms with Crippen LogP contribution in [0.1, 0.15) is 36.0 Å². The van der Waals surface area contributed by atoms with E-state index in [4.69, 9.17) is 0 Å². The molecule has 0 saturated carbocycles. The zero-order chi connectivity index (χ0) is 23.7. The number of aryl methyl sites for hydroxylation is 1. The molecular weight excluding hydrogens is 464 g/mol. The van der Waals surface area contributed by atoms with Crippen LogP contribution >= 0.6 is 15.1 Å². The van der Waals surface area contributed by atoms with Gasteiger partial charge in [0, 0.05) is 0 Å². The van der Waals surface area contributed by atoms with Crippen molar-refractivity contribution in [2.24, 2.45) is 0 Å². The molecule has 1 atom stereocenters. The van der Waals surface area contributed by atoms with E-state index in [1.54, 1.807) is 21.7 Å². The third-order valence-corrected chi connectivity index (χ3v) is 10.3. The maximum absolute atomic E-state index is 10.7. The first-order chi connectivity index (χ1) is 14.7. The van der Waals surface area contributed by atoms with Gasteiger partial charge in [0.05, 0.1) is 30.2 Å². The van der Waals surface area contributed by atoms with Crippen molar-refractivity contribution in [3.63, 3.8) is 0 Å². The van der Waals surface area contributed by atoms with Crippen molar-refractivity contribution in [1.82, 2.24) is 0 Å². The number of hydrogen-bond acceptors (Lipinski definition) is 0. The topological polar surface area (TPSA) is 0 Å². The molecule has 0 aromatic heterocycles. The Morgan fingerprint density at radius 3 is 1.66 bits per heavy atom. The summed E-state index contributed by atoms with van der Waals surface area (Å²) in [7, 11) is -12.1. The molecule has 0 fully saturated rings. The van der Waals surface area contributed by atoms with Crippen LogP contribution in [0.25, 0.3) is 0 Å². The molecule has 0 bridgehead atoms. The first kappa shape index (κ1) is 24.7. The Labute approximate surface area is 185 Å². The molecule has 4 rings (SSSR count). The van der Waals surface area contributed by atoms with Crippen LogP contribution in [0.3, 0.4) is 0 Å². The summed E-state index contributed by atoms with van der Waals surface area (Å²) in [6, 6.07) is 29.5. The predicted octanol–water partition coefficient (Wildman–Crippen LogP) is 9.05. The summed E-state index contributed by atoms with van der Waals surface area (Å²) in [4.78, 5) is 0. The second-order valence-electron chi connectivity index (χ2n) is 8.31. The van der Waals surface area contributed by atoms with Crippen LogP contribution in [-0.4, -0.2) is 6.16 Å². The molecule has 174 valence electrons. The van der Waals surface area contributed by atoms with Gasteiger partial charge in [-0.15, -0.1) is 0 Å². The average molecular weight is 490 g/mol. The average Bonchev–Trinajstić information content (AvgIpc) is 2.86. The molecule has 8 heteroatoms. The fourth-order valence-electron chi connectivity index (χ4n) is 4.34. The van der Waals surface area contributed by atoms with E-state index in [9.17, 15) is 25.2 Å². The minimum atomic E-state index is -10.7. The van der Waals surface area contributed by atoms with Crippen LogP contribution in [0.5, 0.6) is 0 Å². The van der Waals surface area contributed by atoms with Crippen molar-refractivity contribution in [3.8, 4) is 0 Å². The van der Waals surface area contributed by atoms with E-state index in [1.807, 2.05) is 0 Å².